The second kappa shape index (κ2) is 7.63. The summed E-state index contributed by atoms with van der Waals surface area (Å²) in [6.07, 6.45) is 0. The van der Waals surface area contributed by atoms with Gasteiger partial charge < -0.3 is 4.42 Å². The number of hydrogen-bond donors (Lipinski definition) is 1. The van der Waals surface area contributed by atoms with Gasteiger partial charge in [-0.05, 0) is 43.7 Å². The summed E-state index contributed by atoms with van der Waals surface area (Å²) in [5, 5.41) is 22.9. The molecule has 7 nitrogen and oxygen atoms in total. The van der Waals surface area contributed by atoms with E-state index in [1.165, 1.54) is 12.1 Å². The molecule has 0 fully saturated rings. The largest absolute Gasteiger partial charge is 0.419 e. The normalized spacial score (nSPS) is 13.3. The van der Waals surface area contributed by atoms with Crippen molar-refractivity contribution in [1.29, 1.82) is 0 Å². The number of aromatic nitrogens is 2. The summed E-state index contributed by atoms with van der Waals surface area (Å²) in [4.78, 5) is 10.3. The molecule has 3 aromatic rings. The zero-order valence-electron chi connectivity index (χ0n) is 14.2. The molecule has 0 bridgehead atoms. The van der Waals surface area contributed by atoms with E-state index in [1.807, 2.05) is 38.1 Å². The smallest absolute Gasteiger partial charge is 0.269 e. The van der Waals surface area contributed by atoms with Crippen LogP contribution in [0.4, 0.5) is 5.69 Å². The maximum absolute atomic E-state index is 10.7. The van der Waals surface area contributed by atoms with Crippen LogP contribution >= 0.6 is 11.6 Å². The molecular weight excluding hydrogens is 356 g/mol. The van der Waals surface area contributed by atoms with Gasteiger partial charge in [-0.3, -0.25) is 15.4 Å². The molecule has 1 heterocycles. The number of hydrogen-bond acceptors (Lipinski definition) is 6. The van der Waals surface area contributed by atoms with Crippen LogP contribution in [-0.4, -0.2) is 15.1 Å². The number of nitro benzene ring substituents is 1. The fourth-order valence-electron chi connectivity index (χ4n) is 2.55. The molecular formula is C18H17ClN4O3. The Kier molecular flexibility index (Phi) is 5.29. The fourth-order valence-corrected chi connectivity index (χ4v) is 2.67. The average molecular weight is 373 g/mol. The molecule has 0 aliphatic heterocycles. The molecule has 3 rings (SSSR count). The first-order chi connectivity index (χ1) is 12.4. The van der Waals surface area contributed by atoms with E-state index in [1.54, 1.807) is 12.1 Å². The van der Waals surface area contributed by atoms with Crippen LogP contribution in [-0.2, 0) is 0 Å². The monoisotopic (exact) mass is 372 g/mol. The van der Waals surface area contributed by atoms with Crippen LogP contribution in [0.25, 0.3) is 11.5 Å². The summed E-state index contributed by atoms with van der Waals surface area (Å²) in [5.41, 5.74) is 1.74. The SMILES string of the molecule is C[C@H](N[C@@H](C)c1nnc(-c2ccc([N+](=O)[O-])cc2)o1)c1ccc(Cl)cc1. The number of nitrogens with zero attached hydrogens (tertiary/aromatic N) is 3. The molecule has 1 aromatic heterocycles. The minimum absolute atomic E-state index is 0.0142. The third-order valence-corrected chi connectivity index (χ3v) is 4.26. The second-order valence-electron chi connectivity index (χ2n) is 5.91. The topological polar surface area (TPSA) is 94.1 Å². The lowest BCUT2D eigenvalue weighted by Crippen LogP contribution is -2.22. The highest BCUT2D eigenvalue weighted by molar-refractivity contribution is 6.30. The van der Waals surface area contributed by atoms with Crippen molar-refractivity contribution < 1.29 is 9.34 Å². The zero-order valence-corrected chi connectivity index (χ0v) is 15.0. The molecule has 0 amide bonds. The first kappa shape index (κ1) is 18.0. The summed E-state index contributed by atoms with van der Waals surface area (Å²) in [7, 11) is 0. The Balaban J connectivity index is 1.70. The van der Waals surface area contributed by atoms with Gasteiger partial charge in [-0.2, -0.15) is 0 Å². The van der Waals surface area contributed by atoms with Crippen LogP contribution in [0.15, 0.2) is 52.9 Å². The van der Waals surface area contributed by atoms with Crippen molar-refractivity contribution in [2.75, 3.05) is 0 Å². The third kappa shape index (κ3) is 4.07. The zero-order chi connectivity index (χ0) is 18.7. The lowest BCUT2D eigenvalue weighted by molar-refractivity contribution is -0.384. The molecule has 8 heteroatoms. The highest BCUT2D eigenvalue weighted by atomic mass is 35.5. The van der Waals surface area contributed by atoms with Crippen LogP contribution in [0, 0.1) is 10.1 Å². The summed E-state index contributed by atoms with van der Waals surface area (Å²) in [6, 6.07) is 13.5. The molecule has 0 aliphatic carbocycles. The van der Waals surface area contributed by atoms with E-state index >= 15 is 0 Å². The van der Waals surface area contributed by atoms with Gasteiger partial charge in [0, 0.05) is 28.8 Å². The maximum atomic E-state index is 10.7. The summed E-state index contributed by atoms with van der Waals surface area (Å²) in [6.45, 7) is 3.97. The average Bonchev–Trinajstić information content (AvgIpc) is 3.12. The molecule has 0 saturated carbocycles. The lowest BCUT2D eigenvalue weighted by Gasteiger charge is -2.17. The Bertz CT molecular complexity index is 894. The van der Waals surface area contributed by atoms with Gasteiger partial charge in [-0.1, -0.05) is 23.7 Å². The molecule has 1 N–H and O–H groups in total. The van der Waals surface area contributed by atoms with Crippen molar-refractivity contribution in [2.45, 2.75) is 25.9 Å². The molecule has 134 valence electrons. The Morgan fingerprint density at radius 3 is 2.31 bits per heavy atom. The molecule has 0 spiro atoms. The number of nitro groups is 1. The van der Waals surface area contributed by atoms with Gasteiger partial charge >= 0.3 is 0 Å². The Labute approximate surface area is 155 Å². The molecule has 0 aliphatic rings. The summed E-state index contributed by atoms with van der Waals surface area (Å²) < 4.78 is 5.71. The molecule has 0 saturated heterocycles. The molecule has 0 unspecified atom stereocenters. The van der Waals surface area contributed by atoms with Crippen molar-refractivity contribution >= 4 is 17.3 Å². The van der Waals surface area contributed by atoms with E-state index < -0.39 is 4.92 Å². The van der Waals surface area contributed by atoms with E-state index in [0.29, 0.717) is 22.4 Å². The van der Waals surface area contributed by atoms with Gasteiger partial charge in [0.1, 0.15) is 0 Å². The first-order valence-corrected chi connectivity index (χ1v) is 8.41. The molecule has 2 atom stereocenters. The highest BCUT2D eigenvalue weighted by Gasteiger charge is 2.18. The number of benzene rings is 2. The number of nitrogens with one attached hydrogen (secondary N) is 1. The van der Waals surface area contributed by atoms with Crippen LogP contribution in [0.2, 0.25) is 5.02 Å². The highest BCUT2D eigenvalue weighted by Crippen LogP contribution is 2.25. The number of rotatable bonds is 6. The quantitative estimate of drug-likeness (QED) is 0.497. The van der Waals surface area contributed by atoms with Gasteiger partial charge in [-0.25, -0.2) is 0 Å². The van der Waals surface area contributed by atoms with Crippen LogP contribution < -0.4 is 5.32 Å². The van der Waals surface area contributed by atoms with Crippen molar-refractivity contribution in [3.05, 3.63) is 75.1 Å². The van der Waals surface area contributed by atoms with Crippen LogP contribution in [0.5, 0.6) is 0 Å². The minimum atomic E-state index is -0.451. The van der Waals surface area contributed by atoms with Gasteiger partial charge in [0.05, 0.1) is 11.0 Å². The lowest BCUT2D eigenvalue weighted by atomic mass is 10.1. The fraction of sp³-hybridized carbons (Fsp3) is 0.222. The number of non-ortho nitro benzene ring substituents is 1. The van der Waals surface area contributed by atoms with E-state index in [9.17, 15) is 10.1 Å². The Morgan fingerprint density at radius 1 is 1.04 bits per heavy atom. The maximum Gasteiger partial charge on any atom is 0.269 e. The van der Waals surface area contributed by atoms with Crippen molar-refractivity contribution in [3.63, 3.8) is 0 Å². The second-order valence-corrected chi connectivity index (χ2v) is 6.35. The molecule has 2 aromatic carbocycles. The van der Waals surface area contributed by atoms with Crippen molar-refractivity contribution in [2.24, 2.45) is 0 Å². The molecule has 0 radical (unpaired) electrons. The first-order valence-electron chi connectivity index (χ1n) is 8.04. The van der Waals surface area contributed by atoms with Gasteiger partial charge in [0.15, 0.2) is 0 Å². The van der Waals surface area contributed by atoms with Gasteiger partial charge in [0.2, 0.25) is 11.8 Å². The van der Waals surface area contributed by atoms with Crippen LogP contribution in [0.3, 0.4) is 0 Å². The minimum Gasteiger partial charge on any atom is -0.419 e. The standard InChI is InChI=1S/C18H17ClN4O3/c1-11(13-3-7-15(19)8-4-13)20-12(2)17-21-22-18(26-17)14-5-9-16(10-6-14)23(24)25/h3-12,20H,1-2H3/t11-,12-/m0/s1. The van der Waals surface area contributed by atoms with Gasteiger partial charge in [-0.15, -0.1) is 10.2 Å². The summed E-state index contributed by atoms with van der Waals surface area (Å²) >= 11 is 5.92. The van der Waals surface area contributed by atoms with E-state index in [0.717, 1.165) is 5.56 Å². The van der Waals surface area contributed by atoms with Crippen molar-refractivity contribution in [1.82, 2.24) is 15.5 Å². The van der Waals surface area contributed by atoms with Gasteiger partial charge in [0.25, 0.3) is 5.69 Å². The van der Waals surface area contributed by atoms with E-state index in [-0.39, 0.29) is 17.8 Å². The predicted molar refractivity (Wildman–Crippen MR) is 97.8 cm³/mol. The van der Waals surface area contributed by atoms with E-state index in [4.69, 9.17) is 16.0 Å². The van der Waals surface area contributed by atoms with Crippen molar-refractivity contribution in [3.8, 4) is 11.5 Å². The summed E-state index contributed by atoms with van der Waals surface area (Å²) in [5.74, 6) is 0.766. The van der Waals surface area contributed by atoms with Crippen LogP contribution in [0.1, 0.15) is 37.4 Å². The third-order valence-electron chi connectivity index (χ3n) is 4.01. The van der Waals surface area contributed by atoms with E-state index in [2.05, 4.69) is 15.5 Å². The Morgan fingerprint density at radius 2 is 1.69 bits per heavy atom. The number of halogens is 1. The predicted octanol–water partition coefficient (Wildman–Crippen LogP) is 4.71. The molecule has 26 heavy (non-hydrogen) atoms. The Hall–Kier alpha value is -2.77.